The van der Waals surface area contributed by atoms with Crippen molar-refractivity contribution in [3.05, 3.63) is 0 Å². The van der Waals surface area contributed by atoms with Crippen molar-refractivity contribution in [2.45, 2.75) is 78.2 Å². The van der Waals surface area contributed by atoms with Gasteiger partial charge in [0.15, 0.2) is 0 Å². The van der Waals surface area contributed by atoms with Crippen LogP contribution in [0.3, 0.4) is 0 Å². The highest BCUT2D eigenvalue weighted by Gasteiger charge is 2.28. The fourth-order valence-corrected chi connectivity index (χ4v) is 4.22. The molecular formula is C19H37NO. The molecule has 0 amide bonds. The Balaban J connectivity index is 1.69. The summed E-state index contributed by atoms with van der Waals surface area (Å²) in [5.74, 6) is 3.59. The van der Waals surface area contributed by atoms with Crippen LogP contribution in [0.25, 0.3) is 0 Å². The molecule has 124 valence electrons. The molecule has 0 aromatic rings. The van der Waals surface area contributed by atoms with E-state index in [1.54, 1.807) is 0 Å². The van der Waals surface area contributed by atoms with E-state index in [0.717, 1.165) is 30.3 Å². The Morgan fingerprint density at radius 2 is 1.95 bits per heavy atom. The highest BCUT2D eigenvalue weighted by molar-refractivity contribution is 4.81. The Labute approximate surface area is 132 Å². The van der Waals surface area contributed by atoms with Crippen LogP contribution < -0.4 is 5.32 Å². The third-order valence-electron chi connectivity index (χ3n) is 5.49. The van der Waals surface area contributed by atoms with Gasteiger partial charge in [-0.05, 0) is 68.9 Å². The average molecular weight is 296 g/mol. The normalized spacial score (nSPS) is 33.7. The second kappa shape index (κ2) is 9.15. The number of ether oxygens (including phenoxy) is 1. The number of rotatable bonds is 8. The number of hydrogen-bond acceptors (Lipinski definition) is 2. The third kappa shape index (κ3) is 6.28. The minimum Gasteiger partial charge on any atom is -0.378 e. The largest absolute Gasteiger partial charge is 0.378 e. The van der Waals surface area contributed by atoms with Crippen LogP contribution in [0.15, 0.2) is 0 Å². The Morgan fingerprint density at radius 1 is 1.10 bits per heavy atom. The van der Waals surface area contributed by atoms with Crippen LogP contribution in [-0.2, 0) is 4.74 Å². The maximum atomic E-state index is 5.77. The zero-order valence-electron chi connectivity index (χ0n) is 14.6. The van der Waals surface area contributed by atoms with Crippen LogP contribution >= 0.6 is 0 Å². The summed E-state index contributed by atoms with van der Waals surface area (Å²) in [6, 6.07) is 0. The smallest absolute Gasteiger partial charge is 0.0576 e. The van der Waals surface area contributed by atoms with E-state index >= 15 is 0 Å². The van der Waals surface area contributed by atoms with Crippen molar-refractivity contribution in [3.8, 4) is 0 Å². The van der Waals surface area contributed by atoms with Crippen LogP contribution in [0.4, 0.5) is 0 Å². The van der Waals surface area contributed by atoms with Crippen LogP contribution in [0, 0.1) is 23.7 Å². The van der Waals surface area contributed by atoms with Crippen molar-refractivity contribution in [3.63, 3.8) is 0 Å². The van der Waals surface area contributed by atoms with E-state index in [-0.39, 0.29) is 0 Å². The lowest BCUT2D eigenvalue weighted by molar-refractivity contribution is 0.0961. The summed E-state index contributed by atoms with van der Waals surface area (Å²) in [6.07, 6.45) is 11.6. The van der Waals surface area contributed by atoms with Crippen molar-refractivity contribution in [1.29, 1.82) is 0 Å². The molecule has 2 fully saturated rings. The first-order chi connectivity index (χ1) is 10.1. The van der Waals surface area contributed by atoms with E-state index < -0.39 is 0 Å². The van der Waals surface area contributed by atoms with Crippen LogP contribution in [0.5, 0.6) is 0 Å². The van der Waals surface area contributed by atoms with Gasteiger partial charge in [-0.1, -0.05) is 40.0 Å². The lowest BCUT2D eigenvalue weighted by Gasteiger charge is -2.35. The second-order valence-corrected chi connectivity index (χ2v) is 8.06. The first-order valence-corrected chi connectivity index (χ1v) is 9.47. The van der Waals surface area contributed by atoms with Crippen LogP contribution in [0.2, 0.25) is 0 Å². The summed E-state index contributed by atoms with van der Waals surface area (Å²) < 4.78 is 5.77. The summed E-state index contributed by atoms with van der Waals surface area (Å²) in [6.45, 7) is 10.5. The molecule has 2 aliphatic rings. The molecule has 0 aromatic heterocycles. The van der Waals surface area contributed by atoms with E-state index in [1.165, 1.54) is 64.5 Å². The van der Waals surface area contributed by atoms with Gasteiger partial charge in [0.25, 0.3) is 0 Å². The summed E-state index contributed by atoms with van der Waals surface area (Å²) >= 11 is 0. The van der Waals surface area contributed by atoms with E-state index in [2.05, 4.69) is 26.1 Å². The lowest BCUT2D eigenvalue weighted by Crippen LogP contribution is -2.34. The molecule has 1 heterocycles. The minimum absolute atomic E-state index is 0.587. The predicted molar refractivity (Wildman–Crippen MR) is 90.5 cm³/mol. The van der Waals surface area contributed by atoms with Crippen LogP contribution in [-0.4, -0.2) is 25.8 Å². The maximum Gasteiger partial charge on any atom is 0.0576 e. The first-order valence-electron chi connectivity index (χ1n) is 9.47. The summed E-state index contributed by atoms with van der Waals surface area (Å²) in [5.41, 5.74) is 0. The molecule has 0 spiro atoms. The van der Waals surface area contributed by atoms with Gasteiger partial charge < -0.3 is 10.1 Å². The van der Waals surface area contributed by atoms with Gasteiger partial charge in [-0.25, -0.2) is 0 Å². The molecule has 1 saturated carbocycles. The van der Waals surface area contributed by atoms with Gasteiger partial charge in [0.05, 0.1) is 6.10 Å². The van der Waals surface area contributed by atoms with Crippen molar-refractivity contribution in [1.82, 2.24) is 5.32 Å². The fraction of sp³-hybridized carbons (Fsp3) is 1.00. The molecule has 2 heteroatoms. The van der Waals surface area contributed by atoms with Gasteiger partial charge in [-0.2, -0.15) is 0 Å². The zero-order valence-corrected chi connectivity index (χ0v) is 14.6. The monoisotopic (exact) mass is 295 g/mol. The van der Waals surface area contributed by atoms with Gasteiger partial charge in [0.2, 0.25) is 0 Å². The Bertz CT molecular complexity index is 273. The molecule has 2 nitrogen and oxygen atoms in total. The third-order valence-corrected chi connectivity index (χ3v) is 5.49. The molecular weight excluding hydrogens is 258 g/mol. The van der Waals surface area contributed by atoms with E-state index in [9.17, 15) is 0 Å². The number of nitrogens with one attached hydrogen (secondary N) is 1. The lowest BCUT2D eigenvalue weighted by atomic mass is 9.72. The first kappa shape index (κ1) is 17.3. The van der Waals surface area contributed by atoms with E-state index in [4.69, 9.17) is 4.74 Å². The molecule has 0 aromatic carbocycles. The van der Waals surface area contributed by atoms with Crippen molar-refractivity contribution in [2.24, 2.45) is 23.7 Å². The molecule has 21 heavy (non-hydrogen) atoms. The van der Waals surface area contributed by atoms with E-state index in [1.807, 2.05) is 0 Å². The molecule has 4 atom stereocenters. The van der Waals surface area contributed by atoms with Gasteiger partial charge in [0, 0.05) is 6.61 Å². The standard InChI is InChI=1S/C19H37NO/c1-15(2)13-20-14-18-10-9-16(3)12-17(18)6-4-7-19-8-5-11-21-19/h15-20H,4-14H2,1-3H3. The molecule has 4 unspecified atom stereocenters. The Kier molecular flexibility index (Phi) is 7.53. The minimum atomic E-state index is 0.587. The Hall–Kier alpha value is -0.0800. The highest BCUT2D eigenvalue weighted by Crippen LogP contribution is 2.36. The SMILES string of the molecule is CC(C)CNCC1CCC(C)CC1CCCC1CCCO1. The molecule has 2 rings (SSSR count). The summed E-state index contributed by atoms with van der Waals surface area (Å²) in [5, 5.41) is 3.71. The van der Waals surface area contributed by atoms with Crippen LogP contribution in [0.1, 0.15) is 72.1 Å². The molecule has 1 saturated heterocycles. The molecule has 0 bridgehead atoms. The van der Waals surface area contributed by atoms with E-state index in [0.29, 0.717) is 6.10 Å². The predicted octanol–water partition coefficient (Wildman–Crippen LogP) is 4.63. The van der Waals surface area contributed by atoms with Gasteiger partial charge >= 0.3 is 0 Å². The van der Waals surface area contributed by atoms with Gasteiger partial charge in [-0.15, -0.1) is 0 Å². The van der Waals surface area contributed by atoms with Crippen molar-refractivity contribution < 1.29 is 4.74 Å². The van der Waals surface area contributed by atoms with Gasteiger partial charge in [-0.3, -0.25) is 0 Å². The molecule has 1 aliphatic heterocycles. The van der Waals surface area contributed by atoms with Gasteiger partial charge in [0.1, 0.15) is 0 Å². The highest BCUT2D eigenvalue weighted by atomic mass is 16.5. The number of hydrogen-bond donors (Lipinski definition) is 1. The molecule has 1 N–H and O–H groups in total. The van der Waals surface area contributed by atoms with Crippen molar-refractivity contribution >= 4 is 0 Å². The fourth-order valence-electron chi connectivity index (χ4n) is 4.22. The topological polar surface area (TPSA) is 21.3 Å². The second-order valence-electron chi connectivity index (χ2n) is 8.06. The summed E-state index contributed by atoms with van der Waals surface area (Å²) in [4.78, 5) is 0. The quantitative estimate of drug-likeness (QED) is 0.704. The molecule has 1 aliphatic carbocycles. The van der Waals surface area contributed by atoms with Crippen molar-refractivity contribution in [2.75, 3.05) is 19.7 Å². The maximum absolute atomic E-state index is 5.77. The zero-order chi connectivity index (χ0) is 15.1. The average Bonchev–Trinajstić information content (AvgIpc) is 2.94. The Morgan fingerprint density at radius 3 is 2.67 bits per heavy atom. The summed E-state index contributed by atoms with van der Waals surface area (Å²) in [7, 11) is 0. The molecule has 0 radical (unpaired) electrons.